The number of hydrogen-bond donors (Lipinski definition) is 2. The van der Waals surface area contributed by atoms with Gasteiger partial charge in [-0.2, -0.15) is 0 Å². The molecule has 1 atom stereocenters. The highest BCUT2D eigenvalue weighted by Crippen LogP contribution is 2.18. The topological polar surface area (TPSA) is 92.5 Å². The molecule has 0 heterocycles. The number of hydrogen-bond acceptors (Lipinski definition) is 4. The maximum atomic E-state index is 12.0. The highest BCUT2D eigenvalue weighted by Gasteiger charge is 2.17. The van der Waals surface area contributed by atoms with Gasteiger partial charge in [0.1, 0.15) is 0 Å². The van der Waals surface area contributed by atoms with Crippen LogP contribution in [0.2, 0.25) is 0 Å². The van der Waals surface area contributed by atoms with Crippen LogP contribution >= 0.6 is 0 Å². The van der Waals surface area contributed by atoms with Gasteiger partial charge in [0.15, 0.2) is 0 Å². The molecule has 0 fully saturated rings. The molecule has 0 aromatic heterocycles. The molecule has 7 heteroatoms. The van der Waals surface area contributed by atoms with Crippen LogP contribution in [0.3, 0.4) is 0 Å². The van der Waals surface area contributed by atoms with E-state index in [2.05, 4.69) is 5.32 Å². The Hall–Kier alpha value is -1.44. The first-order valence-electron chi connectivity index (χ1n) is 6.85. The van der Waals surface area contributed by atoms with Crippen LogP contribution in [0.15, 0.2) is 29.2 Å². The number of nitrogens with one attached hydrogen (secondary N) is 1. The molecule has 0 spiro atoms. The van der Waals surface area contributed by atoms with E-state index in [0.29, 0.717) is 5.69 Å². The zero-order valence-corrected chi connectivity index (χ0v) is 13.5. The van der Waals surface area contributed by atoms with Gasteiger partial charge in [-0.15, -0.1) is 0 Å². The van der Waals surface area contributed by atoms with Crippen molar-refractivity contribution in [2.75, 3.05) is 19.4 Å². The molecule has 21 heavy (non-hydrogen) atoms. The van der Waals surface area contributed by atoms with E-state index < -0.39 is 10.0 Å². The fourth-order valence-corrected chi connectivity index (χ4v) is 2.82. The summed E-state index contributed by atoms with van der Waals surface area (Å²) in [6.07, 6.45) is 1.92. The van der Waals surface area contributed by atoms with E-state index in [9.17, 15) is 13.2 Å². The van der Waals surface area contributed by atoms with E-state index in [1.54, 1.807) is 12.1 Å². The van der Waals surface area contributed by atoms with Crippen molar-refractivity contribution in [3.63, 3.8) is 0 Å². The van der Waals surface area contributed by atoms with E-state index in [1.165, 1.54) is 26.2 Å². The highest BCUT2D eigenvalue weighted by atomic mass is 32.2. The van der Waals surface area contributed by atoms with Crippen molar-refractivity contribution in [1.29, 1.82) is 0 Å². The molecular weight excluding hydrogens is 290 g/mol. The minimum absolute atomic E-state index is 0.142. The summed E-state index contributed by atoms with van der Waals surface area (Å²) < 4.78 is 25.2. The lowest BCUT2D eigenvalue weighted by Gasteiger charge is -2.13. The Kier molecular flexibility index (Phi) is 6.32. The Morgan fingerprint density at radius 1 is 1.38 bits per heavy atom. The molecule has 6 nitrogen and oxygen atoms in total. The van der Waals surface area contributed by atoms with E-state index >= 15 is 0 Å². The predicted molar refractivity (Wildman–Crippen MR) is 83.4 cm³/mol. The van der Waals surface area contributed by atoms with Crippen LogP contribution in [-0.2, 0) is 14.8 Å². The normalized spacial score (nSPS) is 13.2. The number of rotatable bonds is 7. The van der Waals surface area contributed by atoms with Gasteiger partial charge in [-0.05, 0) is 24.6 Å². The molecule has 1 amide bonds. The van der Waals surface area contributed by atoms with Gasteiger partial charge in [-0.3, -0.25) is 4.79 Å². The summed E-state index contributed by atoms with van der Waals surface area (Å²) in [7, 11) is -0.584. The monoisotopic (exact) mass is 313 g/mol. The van der Waals surface area contributed by atoms with Crippen molar-refractivity contribution >= 4 is 21.6 Å². The number of sulfonamides is 1. The summed E-state index contributed by atoms with van der Waals surface area (Å²) in [5, 5.41) is 2.68. The fourth-order valence-electron chi connectivity index (χ4n) is 1.87. The Bertz CT molecular complexity index is 585. The third-order valence-corrected chi connectivity index (χ3v) is 4.81. The zero-order valence-electron chi connectivity index (χ0n) is 12.7. The SMILES string of the molecule is CCCC(N)CC(=O)Nc1cccc(S(=O)(=O)N(C)C)c1. The molecule has 0 bridgehead atoms. The molecular formula is C14H23N3O3S. The van der Waals surface area contributed by atoms with Crippen molar-refractivity contribution in [3.8, 4) is 0 Å². The lowest BCUT2D eigenvalue weighted by Crippen LogP contribution is -2.27. The largest absolute Gasteiger partial charge is 0.327 e. The molecule has 1 aromatic rings. The molecule has 0 aliphatic carbocycles. The second kappa shape index (κ2) is 7.53. The van der Waals surface area contributed by atoms with Crippen LogP contribution < -0.4 is 11.1 Å². The Morgan fingerprint density at radius 3 is 2.62 bits per heavy atom. The summed E-state index contributed by atoms with van der Waals surface area (Å²) in [5.41, 5.74) is 6.26. The number of nitrogens with two attached hydrogens (primary N) is 1. The van der Waals surface area contributed by atoms with Gasteiger partial charge in [0.05, 0.1) is 4.90 Å². The summed E-state index contributed by atoms with van der Waals surface area (Å²) in [4.78, 5) is 12.0. The second-order valence-corrected chi connectivity index (χ2v) is 7.27. The van der Waals surface area contributed by atoms with Crippen molar-refractivity contribution in [3.05, 3.63) is 24.3 Å². The van der Waals surface area contributed by atoms with E-state index in [4.69, 9.17) is 5.73 Å². The molecule has 0 saturated carbocycles. The lowest BCUT2D eigenvalue weighted by molar-refractivity contribution is -0.116. The van der Waals surface area contributed by atoms with Gasteiger partial charge < -0.3 is 11.1 Å². The van der Waals surface area contributed by atoms with Gasteiger partial charge >= 0.3 is 0 Å². The van der Waals surface area contributed by atoms with Gasteiger partial charge in [-0.1, -0.05) is 19.4 Å². The van der Waals surface area contributed by atoms with Gasteiger partial charge in [0.25, 0.3) is 0 Å². The first-order chi connectivity index (χ1) is 9.77. The average molecular weight is 313 g/mol. The third kappa shape index (κ3) is 5.11. The van der Waals surface area contributed by atoms with Crippen LogP contribution in [0.1, 0.15) is 26.2 Å². The van der Waals surface area contributed by atoms with Crippen LogP contribution in [0.5, 0.6) is 0 Å². The smallest absolute Gasteiger partial charge is 0.242 e. The molecule has 118 valence electrons. The molecule has 3 N–H and O–H groups in total. The van der Waals surface area contributed by atoms with Crippen LogP contribution in [0, 0.1) is 0 Å². The van der Waals surface area contributed by atoms with Crippen LogP contribution in [-0.4, -0.2) is 38.8 Å². The summed E-state index contributed by atoms with van der Waals surface area (Å²) in [6.45, 7) is 2.01. The molecule has 1 unspecified atom stereocenters. The third-order valence-electron chi connectivity index (χ3n) is 3.00. The maximum absolute atomic E-state index is 12.0. The minimum atomic E-state index is -3.51. The Morgan fingerprint density at radius 2 is 2.05 bits per heavy atom. The Balaban J connectivity index is 2.80. The van der Waals surface area contributed by atoms with E-state index in [-0.39, 0.29) is 23.3 Å². The van der Waals surface area contributed by atoms with Crippen molar-refractivity contribution in [1.82, 2.24) is 4.31 Å². The highest BCUT2D eigenvalue weighted by molar-refractivity contribution is 7.89. The first kappa shape index (κ1) is 17.6. The molecule has 0 saturated heterocycles. The second-order valence-electron chi connectivity index (χ2n) is 5.12. The fraction of sp³-hybridized carbons (Fsp3) is 0.500. The zero-order chi connectivity index (χ0) is 16.0. The molecule has 0 aliphatic heterocycles. The van der Waals surface area contributed by atoms with Crippen LogP contribution in [0.4, 0.5) is 5.69 Å². The van der Waals surface area contributed by atoms with Crippen molar-refractivity contribution in [2.45, 2.75) is 37.1 Å². The quantitative estimate of drug-likeness (QED) is 0.795. The predicted octanol–water partition coefficient (Wildman–Crippen LogP) is 1.39. The average Bonchev–Trinajstić information content (AvgIpc) is 2.38. The summed E-state index contributed by atoms with van der Waals surface area (Å²) in [5.74, 6) is -0.213. The molecule has 1 aromatic carbocycles. The van der Waals surface area contributed by atoms with Gasteiger partial charge in [0, 0.05) is 32.2 Å². The van der Waals surface area contributed by atoms with E-state index in [1.807, 2.05) is 6.92 Å². The first-order valence-corrected chi connectivity index (χ1v) is 8.29. The number of amides is 1. The number of anilines is 1. The molecule has 0 aliphatic rings. The van der Waals surface area contributed by atoms with Gasteiger partial charge in [-0.25, -0.2) is 12.7 Å². The van der Waals surface area contributed by atoms with Gasteiger partial charge in [0.2, 0.25) is 15.9 Å². The number of nitrogens with zero attached hydrogens (tertiary/aromatic N) is 1. The lowest BCUT2D eigenvalue weighted by atomic mass is 10.1. The van der Waals surface area contributed by atoms with E-state index in [0.717, 1.165) is 17.1 Å². The molecule has 1 rings (SSSR count). The number of benzene rings is 1. The number of carbonyl (C=O) groups excluding carboxylic acids is 1. The standard InChI is InChI=1S/C14H23N3O3S/c1-4-6-11(15)9-14(18)16-12-7-5-8-13(10-12)21(19,20)17(2)3/h5,7-8,10-11H,4,6,9,15H2,1-3H3,(H,16,18). The Labute approximate surface area is 126 Å². The minimum Gasteiger partial charge on any atom is -0.327 e. The number of carbonyl (C=O) groups is 1. The summed E-state index contributed by atoms with van der Waals surface area (Å²) in [6, 6.07) is 6.01. The maximum Gasteiger partial charge on any atom is 0.242 e. The summed E-state index contributed by atoms with van der Waals surface area (Å²) >= 11 is 0. The van der Waals surface area contributed by atoms with Crippen molar-refractivity contribution in [2.24, 2.45) is 5.73 Å². The molecule has 0 radical (unpaired) electrons. The van der Waals surface area contributed by atoms with Crippen molar-refractivity contribution < 1.29 is 13.2 Å². The van der Waals surface area contributed by atoms with Crippen LogP contribution in [0.25, 0.3) is 0 Å².